The molecule has 0 spiro atoms. The maximum Gasteiger partial charge on any atom is 0.187 e. The molecule has 14 heteroatoms. The van der Waals surface area contributed by atoms with Crippen LogP contribution in [0.15, 0.2) is 0 Å². The first kappa shape index (κ1) is 29.0. The van der Waals surface area contributed by atoms with Crippen molar-refractivity contribution in [2.45, 2.75) is 111 Å². The average molecular weight is 511 g/mol. The van der Waals surface area contributed by atoms with Gasteiger partial charge in [-0.1, -0.05) is 0 Å². The van der Waals surface area contributed by atoms with Crippen LogP contribution in [-0.2, 0) is 18.9 Å². The van der Waals surface area contributed by atoms with Gasteiger partial charge in [0.2, 0.25) is 0 Å². The topological polar surface area (TPSA) is 234 Å². The van der Waals surface area contributed by atoms with Gasteiger partial charge < -0.3 is 71.7 Å². The van der Waals surface area contributed by atoms with Gasteiger partial charge in [-0.15, -0.1) is 0 Å². The van der Waals surface area contributed by atoms with Crippen LogP contribution in [-0.4, -0.2) is 143 Å². The molecule has 35 heavy (non-hydrogen) atoms. The molecule has 6 unspecified atom stereocenters. The fraction of sp³-hybridized carbons (Fsp3) is 1.00. The van der Waals surface area contributed by atoms with Gasteiger partial charge in [0, 0.05) is 18.1 Å². The van der Waals surface area contributed by atoms with Gasteiger partial charge in [0.15, 0.2) is 12.6 Å². The van der Waals surface area contributed by atoms with Gasteiger partial charge >= 0.3 is 0 Å². The lowest BCUT2D eigenvalue weighted by Gasteiger charge is -2.49. The summed E-state index contributed by atoms with van der Waals surface area (Å²) in [5.74, 6) is 0. The molecule has 2 aliphatic heterocycles. The van der Waals surface area contributed by atoms with Gasteiger partial charge in [-0.3, -0.25) is 0 Å². The molecule has 3 fully saturated rings. The summed E-state index contributed by atoms with van der Waals surface area (Å²) in [6.45, 7) is 3.11. The predicted molar refractivity (Wildman–Crippen MR) is 121 cm³/mol. The Labute approximate surface area is 204 Å². The summed E-state index contributed by atoms with van der Waals surface area (Å²) in [5.41, 5.74) is 11.1. The number of aliphatic hydroxyl groups excluding tert-OH is 5. The molecule has 1 saturated carbocycles. The van der Waals surface area contributed by atoms with Crippen molar-refractivity contribution in [2.24, 2.45) is 11.5 Å². The van der Waals surface area contributed by atoms with E-state index in [1.807, 2.05) is 0 Å². The number of hydrogen-bond donors (Lipinski definition) is 10. The summed E-state index contributed by atoms with van der Waals surface area (Å²) in [4.78, 5) is 0. The number of aliphatic hydroxyl groups is 6. The molecular weight excluding hydrogens is 468 g/mol. The number of ether oxygens (including phenoxy) is 4. The second kappa shape index (κ2) is 11.4. The van der Waals surface area contributed by atoms with E-state index in [9.17, 15) is 30.6 Å². The molecule has 3 rings (SSSR count). The zero-order chi connectivity index (χ0) is 26.2. The fourth-order valence-corrected chi connectivity index (χ4v) is 5.08. The lowest BCUT2D eigenvalue weighted by molar-refractivity contribution is -0.333. The van der Waals surface area contributed by atoms with Crippen molar-refractivity contribution in [2.75, 3.05) is 20.7 Å². The summed E-state index contributed by atoms with van der Waals surface area (Å²) in [5, 5.41) is 69.1. The van der Waals surface area contributed by atoms with Crippen molar-refractivity contribution < 1.29 is 49.6 Å². The minimum atomic E-state index is -1.61. The van der Waals surface area contributed by atoms with Crippen LogP contribution in [0.4, 0.5) is 0 Å². The van der Waals surface area contributed by atoms with Crippen molar-refractivity contribution in [1.82, 2.24) is 10.6 Å². The van der Waals surface area contributed by atoms with Gasteiger partial charge in [0.25, 0.3) is 0 Å². The van der Waals surface area contributed by atoms with Crippen LogP contribution in [0, 0.1) is 0 Å². The van der Waals surface area contributed by atoms with Crippen molar-refractivity contribution in [3.63, 3.8) is 0 Å². The molecule has 0 amide bonds. The van der Waals surface area contributed by atoms with E-state index in [4.69, 9.17) is 30.4 Å². The summed E-state index contributed by atoms with van der Waals surface area (Å²) in [6.07, 6.45) is -12.8. The summed E-state index contributed by atoms with van der Waals surface area (Å²) >= 11 is 0. The zero-order valence-electron chi connectivity index (χ0n) is 20.5. The number of likely N-dealkylation sites (N-methyl/N-ethyl adjacent to an activating group) is 2. The van der Waals surface area contributed by atoms with Gasteiger partial charge in [-0.2, -0.15) is 0 Å². The summed E-state index contributed by atoms with van der Waals surface area (Å²) in [7, 11) is 3.23. The quantitative estimate of drug-likeness (QED) is 0.154. The van der Waals surface area contributed by atoms with E-state index in [0.717, 1.165) is 0 Å². The van der Waals surface area contributed by atoms with Crippen LogP contribution in [0.5, 0.6) is 0 Å². The SMILES string of the molecule is CNC(C)C1O[C@@H](O[C@@H]2C(N)C[C@@H](N)[C@@H](O[C@H]3OC[C@](C)(O)C(NC)[C@H]3O)C2O)C(O)[C@@H](O)[C@@H]1O. The van der Waals surface area contributed by atoms with Crippen molar-refractivity contribution >= 4 is 0 Å². The second-order valence-corrected chi connectivity index (χ2v) is 10.1. The zero-order valence-corrected chi connectivity index (χ0v) is 20.5. The standard InChI is InChI=1S/C21H42N4O10/c1-7(24-3)15-11(27)10(26)12(28)20(33-15)35-17-9(23)5-8(22)16(13(17)29)34-19-14(30)18(25-4)21(2,31)6-32-19/h7-20,24-31H,5-6,22-23H2,1-4H3/t7?,8-,9?,10+,11+,12?,13?,14-,15?,16-,17-,18?,19-,20+,21+/m1/s1. The minimum absolute atomic E-state index is 0.134. The van der Waals surface area contributed by atoms with Crippen LogP contribution >= 0.6 is 0 Å². The number of nitrogens with two attached hydrogens (primary N) is 2. The average Bonchev–Trinajstić information content (AvgIpc) is 2.80. The highest BCUT2D eigenvalue weighted by molar-refractivity contribution is 5.02. The maximum absolute atomic E-state index is 11.1. The lowest BCUT2D eigenvalue weighted by Crippen LogP contribution is -2.69. The Kier molecular flexibility index (Phi) is 9.49. The van der Waals surface area contributed by atoms with E-state index in [1.54, 1.807) is 21.0 Å². The Hall–Kier alpha value is -0.560. The van der Waals surface area contributed by atoms with Crippen LogP contribution < -0.4 is 22.1 Å². The highest BCUT2D eigenvalue weighted by Gasteiger charge is 2.52. The molecule has 2 heterocycles. The third-order valence-corrected chi connectivity index (χ3v) is 7.34. The molecule has 0 radical (unpaired) electrons. The first-order chi connectivity index (χ1) is 16.3. The summed E-state index contributed by atoms with van der Waals surface area (Å²) in [6, 6.07) is -2.68. The smallest absolute Gasteiger partial charge is 0.187 e. The molecule has 2 saturated heterocycles. The number of nitrogens with one attached hydrogen (secondary N) is 2. The third-order valence-electron chi connectivity index (χ3n) is 7.34. The van der Waals surface area contributed by atoms with Crippen molar-refractivity contribution in [3.8, 4) is 0 Å². The fourth-order valence-electron chi connectivity index (χ4n) is 5.08. The minimum Gasteiger partial charge on any atom is -0.388 e. The first-order valence-electron chi connectivity index (χ1n) is 11.9. The second-order valence-electron chi connectivity index (χ2n) is 10.1. The van der Waals surface area contributed by atoms with E-state index >= 15 is 0 Å². The molecule has 1 aliphatic carbocycles. The number of rotatable bonds is 7. The Morgan fingerprint density at radius 2 is 1.46 bits per heavy atom. The van der Waals surface area contributed by atoms with Crippen LogP contribution in [0.1, 0.15) is 20.3 Å². The molecule has 0 aromatic rings. The highest BCUT2D eigenvalue weighted by atomic mass is 16.7. The molecule has 206 valence electrons. The molecule has 3 aliphatic rings. The molecule has 12 N–H and O–H groups in total. The van der Waals surface area contributed by atoms with Crippen molar-refractivity contribution in [3.05, 3.63) is 0 Å². The van der Waals surface area contributed by atoms with Crippen LogP contribution in [0.2, 0.25) is 0 Å². The molecule has 0 aromatic carbocycles. The number of hydrogen-bond acceptors (Lipinski definition) is 14. The van der Waals surface area contributed by atoms with Gasteiger partial charge in [-0.05, 0) is 34.4 Å². The largest absolute Gasteiger partial charge is 0.388 e. The lowest BCUT2D eigenvalue weighted by atomic mass is 9.84. The van der Waals surface area contributed by atoms with Gasteiger partial charge in [0.05, 0.1) is 12.6 Å². The monoisotopic (exact) mass is 510 g/mol. The maximum atomic E-state index is 11.1. The van der Waals surface area contributed by atoms with E-state index in [0.29, 0.717) is 0 Å². The van der Waals surface area contributed by atoms with E-state index < -0.39 is 91.2 Å². The first-order valence-corrected chi connectivity index (χ1v) is 11.9. The Bertz CT molecular complexity index is 692. The summed E-state index contributed by atoms with van der Waals surface area (Å²) < 4.78 is 23.0. The highest BCUT2D eigenvalue weighted by Crippen LogP contribution is 2.32. The molecule has 0 aromatic heterocycles. The van der Waals surface area contributed by atoms with Crippen molar-refractivity contribution in [1.29, 1.82) is 0 Å². The molecule has 14 nitrogen and oxygen atoms in total. The van der Waals surface area contributed by atoms with Gasteiger partial charge in [0.1, 0.15) is 54.4 Å². The molecule has 15 atom stereocenters. The van der Waals surface area contributed by atoms with Crippen LogP contribution in [0.25, 0.3) is 0 Å². The third kappa shape index (κ3) is 5.81. The predicted octanol–water partition coefficient (Wildman–Crippen LogP) is -5.35. The normalized spacial score (nSPS) is 52.3. The van der Waals surface area contributed by atoms with E-state index in [-0.39, 0.29) is 13.0 Å². The Morgan fingerprint density at radius 3 is 2.00 bits per heavy atom. The van der Waals surface area contributed by atoms with E-state index in [2.05, 4.69) is 10.6 Å². The molecule has 0 bridgehead atoms. The van der Waals surface area contributed by atoms with Gasteiger partial charge in [-0.25, -0.2) is 0 Å². The molecular formula is C21H42N4O10. The Balaban J connectivity index is 1.73. The van der Waals surface area contributed by atoms with E-state index in [1.165, 1.54) is 6.92 Å². The van der Waals surface area contributed by atoms with Crippen LogP contribution in [0.3, 0.4) is 0 Å². The Morgan fingerprint density at radius 1 is 0.886 bits per heavy atom.